The molecule has 6 heteroatoms. The molecule has 2 amide bonds. The summed E-state index contributed by atoms with van der Waals surface area (Å²) in [5.74, 6) is -1.72. The Morgan fingerprint density at radius 1 is 1.10 bits per heavy atom. The molecule has 0 aliphatic carbocycles. The zero-order valence-electron chi connectivity index (χ0n) is 11.6. The second-order valence-electron chi connectivity index (χ2n) is 4.50. The molecule has 1 aromatic carbocycles. The lowest BCUT2D eigenvalue weighted by Gasteiger charge is -2.23. The molecule has 0 bridgehead atoms. The van der Waals surface area contributed by atoms with E-state index in [1.807, 2.05) is 30.3 Å². The van der Waals surface area contributed by atoms with Gasteiger partial charge in [0.2, 0.25) is 11.8 Å². The Labute approximate surface area is 117 Å². The molecule has 0 saturated carbocycles. The summed E-state index contributed by atoms with van der Waals surface area (Å²) in [4.78, 5) is 36.5. The van der Waals surface area contributed by atoms with Crippen molar-refractivity contribution in [3.05, 3.63) is 35.9 Å². The van der Waals surface area contributed by atoms with Crippen molar-refractivity contribution in [1.29, 1.82) is 0 Å². The average Bonchev–Trinajstić information content (AvgIpc) is 2.38. The SMILES string of the molecule is CC(=O)N(C)CC(=O)N(CC(=O)O)Cc1ccccc1. The first kappa shape index (κ1) is 15.7. The maximum atomic E-state index is 12.1. The molecule has 20 heavy (non-hydrogen) atoms. The summed E-state index contributed by atoms with van der Waals surface area (Å²) < 4.78 is 0. The second kappa shape index (κ2) is 7.28. The first-order valence-electron chi connectivity index (χ1n) is 6.15. The van der Waals surface area contributed by atoms with E-state index in [9.17, 15) is 14.4 Å². The second-order valence-corrected chi connectivity index (χ2v) is 4.50. The molecule has 6 nitrogen and oxygen atoms in total. The summed E-state index contributed by atoms with van der Waals surface area (Å²) in [6.45, 7) is 1.04. The van der Waals surface area contributed by atoms with Crippen LogP contribution in [0.1, 0.15) is 12.5 Å². The molecule has 1 aromatic rings. The third kappa shape index (κ3) is 5.09. The van der Waals surface area contributed by atoms with Crippen LogP contribution in [0.5, 0.6) is 0 Å². The van der Waals surface area contributed by atoms with Gasteiger partial charge in [0.05, 0.1) is 6.54 Å². The van der Waals surface area contributed by atoms with Crippen LogP contribution in [0.3, 0.4) is 0 Å². The molecule has 0 atom stereocenters. The molecular weight excluding hydrogens is 260 g/mol. The van der Waals surface area contributed by atoms with Gasteiger partial charge in [0.15, 0.2) is 0 Å². The minimum absolute atomic E-state index is 0.130. The molecular formula is C14H18N2O4. The molecule has 0 aliphatic heterocycles. The molecule has 0 unspecified atom stereocenters. The molecule has 0 aromatic heterocycles. The number of rotatable bonds is 6. The summed E-state index contributed by atoms with van der Waals surface area (Å²) in [7, 11) is 1.50. The smallest absolute Gasteiger partial charge is 0.323 e. The van der Waals surface area contributed by atoms with Crippen LogP contribution in [-0.4, -0.2) is 52.8 Å². The number of carbonyl (C=O) groups is 3. The fraction of sp³-hybridized carbons (Fsp3) is 0.357. The molecule has 0 radical (unpaired) electrons. The Hall–Kier alpha value is -2.37. The fourth-order valence-electron chi connectivity index (χ4n) is 1.61. The average molecular weight is 278 g/mol. The largest absolute Gasteiger partial charge is 0.480 e. The van der Waals surface area contributed by atoms with Crippen molar-refractivity contribution in [3.63, 3.8) is 0 Å². The van der Waals surface area contributed by atoms with Crippen molar-refractivity contribution in [3.8, 4) is 0 Å². The Morgan fingerprint density at radius 3 is 2.20 bits per heavy atom. The summed E-state index contributed by atoms with van der Waals surface area (Å²) >= 11 is 0. The highest BCUT2D eigenvalue weighted by atomic mass is 16.4. The maximum absolute atomic E-state index is 12.1. The summed E-state index contributed by atoms with van der Waals surface area (Å²) in [5.41, 5.74) is 0.840. The normalized spacial score (nSPS) is 9.90. The molecule has 0 heterocycles. The molecule has 1 N–H and O–H groups in total. The Morgan fingerprint density at radius 2 is 1.70 bits per heavy atom. The zero-order chi connectivity index (χ0) is 15.1. The van der Waals surface area contributed by atoms with Gasteiger partial charge < -0.3 is 14.9 Å². The van der Waals surface area contributed by atoms with Crippen LogP contribution in [0.25, 0.3) is 0 Å². The van der Waals surface area contributed by atoms with Gasteiger partial charge in [0, 0.05) is 20.5 Å². The molecule has 0 spiro atoms. The van der Waals surface area contributed by atoms with Crippen LogP contribution in [0.15, 0.2) is 30.3 Å². The van der Waals surface area contributed by atoms with Gasteiger partial charge >= 0.3 is 5.97 Å². The highest BCUT2D eigenvalue weighted by Crippen LogP contribution is 2.05. The van der Waals surface area contributed by atoms with Crippen LogP contribution >= 0.6 is 0 Å². The highest BCUT2D eigenvalue weighted by molar-refractivity contribution is 5.86. The molecule has 0 saturated heterocycles. The van der Waals surface area contributed by atoms with E-state index < -0.39 is 11.9 Å². The van der Waals surface area contributed by atoms with Crippen molar-refractivity contribution >= 4 is 17.8 Å². The molecule has 108 valence electrons. The number of nitrogens with zero attached hydrogens (tertiary/aromatic N) is 2. The van der Waals surface area contributed by atoms with E-state index in [0.717, 1.165) is 5.56 Å². The van der Waals surface area contributed by atoms with Gasteiger partial charge in [-0.15, -0.1) is 0 Å². The van der Waals surface area contributed by atoms with Crippen molar-refractivity contribution < 1.29 is 19.5 Å². The van der Waals surface area contributed by atoms with Crippen LogP contribution in [-0.2, 0) is 20.9 Å². The lowest BCUT2D eigenvalue weighted by atomic mass is 10.2. The number of likely N-dealkylation sites (N-methyl/N-ethyl adjacent to an activating group) is 1. The highest BCUT2D eigenvalue weighted by Gasteiger charge is 2.19. The maximum Gasteiger partial charge on any atom is 0.323 e. The standard InChI is InChI=1S/C14H18N2O4/c1-11(17)15(2)9-13(18)16(10-14(19)20)8-12-6-4-3-5-7-12/h3-7H,8-10H2,1-2H3,(H,19,20). The fourth-order valence-corrected chi connectivity index (χ4v) is 1.61. The quantitative estimate of drug-likeness (QED) is 0.825. The number of hydrogen-bond acceptors (Lipinski definition) is 3. The number of hydrogen-bond donors (Lipinski definition) is 1. The Bertz CT molecular complexity index is 487. The third-order valence-corrected chi connectivity index (χ3v) is 2.81. The van der Waals surface area contributed by atoms with Crippen molar-refractivity contribution in [2.75, 3.05) is 20.1 Å². The van der Waals surface area contributed by atoms with Crippen LogP contribution in [0.2, 0.25) is 0 Å². The van der Waals surface area contributed by atoms with Crippen LogP contribution in [0, 0.1) is 0 Å². The minimum Gasteiger partial charge on any atom is -0.480 e. The monoisotopic (exact) mass is 278 g/mol. The van der Waals surface area contributed by atoms with Gasteiger partial charge in [-0.2, -0.15) is 0 Å². The first-order valence-corrected chi connectivity index (χ1v) is 6.15. The number of carboxylic acids is 1. The van der Waals surface area contributed by atoms with Gasteiger partial charge in [-0.05, 0) is 5.56 Å². The summed E-state index contributed by atoms with van der Waals surface area (Å²) in [6, 6.07) is 9.12. The van der Waals surface area contributed by atoms with E-state index >= 15 is 0 Å². The number of amides is 2. The summed E-state index contributed by atoms with van der Waals surface area (Å²) in [5, 5.41) is 8.88. The van der Waals surface area contributed by atoms with Crippen molar-refractivity contribution in [2.45, 2.75) is 13.5 Å². The number of benzene rings is 1. The Balaban J connectivity index is 2.75. The van der Waals surface area contributed by atoms with Gasteiger partial charge in [-0.1, -0.05) is 30.3 Å². The predicted octanol–water partition coefficient (Wildman–Crippen LogP) is 0.578. The van der Waals surface area contributed by atoms with Crippen LogP contribution in [0.4, 0.5) is 0 Å². The zero-order valence-corrected chi connectivity index (χ0v) is 11.6. The first-order chi connectivity index (χ1) is 9.40. The van der Waals surface area contributed by atoms with Gasteiger partial charge in [0.25, 0.3) is 0 Å². The van der Waals surface area contributed by atoms with Crippen molar-refractivity contribution in [1.82, 2.24) is 9.80 Å². The third-order valence-electron chi connectivity index (χ3n) is 2.81. The van der Waals surface area contributed by atoms with E-state index in [0.29, 0.717) is 0 Å². The van der Waals surface area contributed by atoms with E-state index in [4.69, 9.17) is 5.11 Å². The van der Waals surface area contributed by atoms with E-state index in [1.54, 1.807) is 0 Å². The Kier molecular flexibility index (Phi) is 5.71. The number of carboxylic acid groups (broad SMARTS) is 1. The van der Waals surface area contributed by atoms with E-state index in [1.165, 1.54) is 23.8 Å². The van der Waals surface area contributed by atoms with Gasteiger partial charge in [-0.25, -0.2) is 0 Å². The van der Waals surface area contributed by atoms with Gasteiger partial charge in [0.1, 0.15) is 6.54 Å². The number of aliphatic carboxylic acids is 1. The molecule has 0 fully saturated rings. The van der Waals surface area contributed by atoms with E-state index in [2.05, 4.69) is 0 Å². The molecule has 1 rings (SSSR count). The van der Waals surface area contributed by atoms with Gasteiger partial charge in [-0.3, -0.25) is 14.4 Å². The number of carbonyl (C=O) groups excluding carboxylic acids is 2. The lowest BCUT2D eigenvalue weighted by Crippen LogP contribution is -2.42. The topological polar surface area (TPSA) is 77.9 Å². The van der Waals surface area contributed by atoms with E-state index in [-0.39, 0.29) is 25.5 Å². The minimum atomic E-state index is -1.08. The molecule has 0 aliphatic rings. The van der Waals surface area contributed by atoms with Crippen molar-refractivity contribution in [2.24, 2.45) is 0 Å². The lowest BCUT2D eigenvalue weighted by molar-refractivity contribution is -0.146. The predicted molar refractivity (Wildman–Crippen MR) is 72.8 cm³/mol. The summed E-state index contributed by atoms with van der Waals surface area (Å²) in [6.07, 6.45) is 0. The van der Waals surface area contributed by atoms with Crippen LogP contribution < -0.4 is 0 Å².